The number of hydrogen-bond acceptors (Lipinski definition) is 7. The molecule has 2 aromatic rings. The third kappa shape index (κ3) is 5.26. The molecule has 178 valence electrons. The maximum absolute atomic E-state index is 14.5. The number of piperidine rings is 2. The molecule has 2 fully saturated rings. The van der Waals surface area contributed by atoms with Gasteiger partial charge in [-0.1, -0.05) is 6.92 Å². The van der Waals surface area contributed by atoms with Gasteiger partial charge in [0, 0.05) is 44.3 Å². The predicted molar refractivity (Wildman–Crippen MR) is 125 cm³/mol. The molecule has 0 radical (unpaired) electrons. The summed E-state index contributed by atoms with van der Waals surface area (Å²) in [5.74, 6) is 0.0169. The average molecular weight is 476 g/mol. The molecule has 3 heterocycles. The molecule has 10 heteroatoms. The average Bonchev–Trinajstić information content (AvgIpc) is 2.81. The quantitative estimate of drug-likeness (QED) is 0.686. The normalized spacial score (nSPS) is 20.2. The molecule has 1 aromatic heterocycles. The molecule has 4 rings (SSSR count). The van der Waals surface area contributed by atoms with Crippen LogP contribution >= 0.6 is 0 Å². The number of likely N-dealkylation sites (tertiary alicyclic amines) is 1. The molecule has 1 aromatic carbocycles. The summed E-state index contributed by atoms with van der Waals surface area (Å²) in [5.41, 5.74) is 1.25. The highest BCUT2D eigenvalue weighted by molar-refractivity contribution is 7.90. The Balaban J connectivity index is 1.38. The summed E-state index contributed by atoms with van der Waals surface area (Å²) in [6.07, 6.45) is 8.76. The standard InChI is InChI=1S/C23H30FN5O3S/c1-3-16-14-25-23(26-15-16)28-11-8-17(9-12-28)29-10-4-5-21(22(29)30)27-20-7-6-18(13-19(20)24)33(2,31)32/h6-7,13-15,17,21,27H,3-5,8-12H2,1-2H3/t21-/m0/s1. The van der Waals surface area contributed by atoms with Crippen molar-refractivity contribution in [3.05, 3.63) is 42.0 Å². The molecule has 1 atom stereocenters. The van der Waals surface area contributed by atoms with Crippen LogP contribution in [-0.2, 0) is 21.1 Å². The molecule has 0 saturated carbocycles. The van der Waals surface area contributed by atoms with E-state index >= 15 is 0 Å². The second-order valence-electron chi connectivity index (χ2n) is 8.75. The molecule has 0 unspecified atom stereocenters. The largest absolute Gasteiger partial charge is 0.371 e. The Bertz CT molecular complexity index is 1100. The number of nitrogens with one attached hydrogen (secondary N) is 1. The van der Waals surface area contributed by atoms with E-state index in [1.165, 1.54) is 12.1 Å². The third-order valence-electron chi connectivity index (χ3n) is 6.46. The van der Waals surface area contributed by atoms with E-state index in [1.54, 1.807) is 0 Å². The number of sulfone groups is 1. The molecule has 2 aliphatic heterocycles. The minimum absolute atomic E-state index is 0.0326. The van der Waals surface area contributed by atoms with Gasteiger partial charge in [0.05, 0.1) is 10.6 Å². The van der Waals surface area contributed by atoms with Crippen LogP contribution in [0.25, 0.3) is 0 Å². The zero-order chi connectivity index (χ0) is 23.6. The Morgan fingerprint density at radius 2 is 1.82 bits per heavy atom. The van der Waals surface area contributed by atoms with E-state index in [9.17, 15) is 17.6 Å². The zero-order valence-electron chi connectivity index (χ0n) is 19.0. The van der Waals surface area contributed by atoms with Crippen molar-refractivity contribution in [1.29, 1.82) is 0 Å². The van der Waals surface area contributed by atoms with Crippen LogP contribution in [0.3, 0.4) is 0 Å². The fraction of sp³-hybridized carbons (Fsp3) is 0.522. The van der Waals surface area contributed by atoms with Crippen LogP contribution in [0, 0.1) is 5.82 Å². The second-order valence-corrected chi connectivity index (χ2v) is 10.8. The number of amides is 1. The number of halogens is 1. The lowest BCUT2D eigenvalue weighted by Gasteiger charge is -2.42. The molecule has 2 aliphatic rings. The van der Waals surface area contributed by atoms with Crippen LogP contribution in [0.4, 0.5) is 16.0 Å². The monoisotopic (exact) mass is 475 g/mol. The molecule has 0 spiro atoms. The van der Waals surface area contributed by atoms with Crippen LogP contribution in [-0.4, -0.2) is 67.2 Å². The molecule has 0 aliphatic carbocycles. The van der Waals surface area contributed by atoms with Crippen molar-refractivity contribution in [3.63, 3.8) is 0 Å². The molecular formula is C23H30FN5O3S. The Hall–Kier alpha value is -2.75. The fourth-order valence-corrected chi connectivity index (χ4v) is 5.13. The van der Waals surface area contributed by atoms with Crippen LogP contribution in [0.15, 0.2) is 35.5 Å². The van der Waals surface area contributed by atoms with Gasteiger partial charge in [0.2, 0.25) is 11.9 Å². The summed E-state index contributed by atoms with van der Waals surface area (Å²) in [6, 6.07) is 3.34. The highest BCUT2D eigenvalue weighted by atomic mass is 32.2. The van der Waals surface area contributed by atoms with Gasteiger partial charge < -0.3 is 15.1 Å². The first-order valence-corrected chi connectivity index (χ1v) is 13.3. The topological polar surface area (TPSA) is 95.5 Å². The minimum atomic E-state index is -3.49. The Morgan fingerprint density at radius 1 is 1.12 bits per heavy atom. The Morgan fingerprint density at radius 3 is 2.42 bits per heavy atom. The molecule has 1 amide bonds. The number of aromatic nitrogens is 2. The molecule has 0 bridgehead atoms. The summed E-state index contributed by atoms with van der Waals surface area (Å²) in [5, 5.41) is 3.00. The van der Waals surface area contributed by atoms with Gasteiger partial charge >= 0.3 is 0 Å². The number of aryl methyl sites for hydroxylation is 1. The van der Waals surface area contributed by atoms with E-state index in [4.69, 9.17) is 0 Å². The van der Waals surface area contributed by atoms with E-state index in [1.807, 2.05) is 17.3 Å². The van der Waals surface area contributed by atoms with Gasteiger partial charge in [0.1, 0.15) is 11.9 Å². The van der Waals surface area contributed by atoms with Crippen molar-refractivity contribution in [3.8, 4) is 0 Å². The highest BCUT2D eigenvalue weighted by Gasteiger charge is 2.35. The second kappa shape index (κ2) is 9.62. The maximum Gasteiger partial charge on any atom is 0.245 e. The lowest BCUT2D eigenvalue weighted by molar-refractivity contribution is -0.137. The van der Waals surface area contributed by atoms with E-state index in [-0.39, 0.29) is 22.5 Å². The van der Waals surface area contributed by atoms with Crippen molar-refractivity contribution in [2.24, 2.45) is 0 Å². The van der Waals surface area contributed by atoms with Crippen LogP contribution in [0.5, 0.6) is 0 Å². The van der Waals surface area contributed by atoms with Gasteiger partial charge in [-0.2, -0.15) is 0 Å². The van der Waals surface area contributed by atoms with Gasteiger partial charge in [-0.3, -0.25) is 4.79 Å². The molecule has 2 saturated heterocycles. The number of carbonyl (C=O) groups is 1. The first-order valence-electron chi connectivity index (χ1n) is 11.4. The minimum Gasteiger partial charge on any atom is -0.371 e. The van der Waals surface area contributed by atoms with Gasteiger partial charge in [0.25, 0.3) is 0 Å². The number of nitrogens with zero attached hydrogens (tertiary/aromatic N) is 4. The number of rotatable bonds is 6. The highest BCUT2D eigenvalue weighted by Crippen LogP contribution is 2.27. The maximum atomic E-state index is 14.5. The van der Waals surface area contributed by atoms with Crippen molar-refractivity contribution in [1.82, 2.24) is 14.9 Å². The summed E-state index contributed by atoms with van der Waals surface area (Å²) in [6.45, 7) is 4.32. The SMILES string of the molecule is CCc1cnc(N2CCC(N3CCC[C@H](Nc4ccc(S(C)(=O)=O)cc4F)C3=O)CC2)nc1. The smallest absolute Gasteiger partial charge is 0.245 e. The van der Waals surface area contributed by atoms with E-state index in [0.29, 0.717) is 13.0 Å². The van der Waals surface area contributed by atoms with Crippen molar-refractivity contribution >= 4 is 27.4 Å². The Kier molecular flexibility index (Phi) is 6.83. The lowest BCUT2D eigenvalue weighted by atomic mass is 9.97. The molecular weight excluding hydrogens is 445 g/mol. The van der Waals surface area contributed by atoms with Gasteiger partial charge in [0.15, 0.2) is 9.84 Å². The van der Waals surface area contributed by atoms with Crippen LogP contribution in [0.2, 0.25) is 0 Å². The molecule has 1 N–H and O–H groups in total. The van der Waals surface area contributed by atoms with Gasteiger partial charge in [-0.25, -0.2) is 22.8 Å². The van der Waals surface area contributed by atoms with Crippen molar-refractivity contribution < 1.29 is 17.6 Å². The lowest BCUT2D eigenvalue weighted by Crippen LogP contribution is -2.54. The Labute approximate surface area is 194 Å². The number of anilines is 2. The summed E-state index contributed by atoms with van der Waals surface area (Å²) >= 11 is 0. The number of benzene rings is 1. The van der Waals surface area contributed by atoms with Gasteiger partial charge in [-0.05, 0) is 55.9 Å². The molecule has 33 heavy (non-hydrogen) atoms. The predicted octanol–water partition coefficient (Wildman–Crippen LogP) is 2.65. The van der Waals surface area contributed by atoms with Gasteiger partial charge in [-0.15, -0.1) is 0 Å². The van der Waals surface area contributed by atoms with Crippen LogP contribution in [0.1, 0.15) is 38.2 Å². The first-order chi connectivity index (χ1) is 15.8. The van der Waals surface area contributed by atoms with Crippen molar-refractivity contribution in [2.75, 3.05) is 36.1 Å². The fourth-order valence-electron chi connectivity index (χ4n) is 4.50. The van der Waals surface area contributed by atoms with E-state index in [0.717, 1.165) is 62.6 Å². The number of hydrogen-bond donors (Lipinski definition) is 1. The van der Waals surface area contributed by atoms with E-state index < -0.39 is 21.7 Å². The third-order valence-corrected chi connectivity index (χ3v) is 7.57. The zero-order valence-corrected chi connectivity index (χ0v) is 19.8. The summed E-state index contributed by atoms with van der Waals surface area (Å²) in [7, 11) is -3.49. The van der Waals surface area contributed by atoms with Crippen LogP contribution < -0.4 is 10.2 Å². The summed E-state index contributed by atoms with van der Waals surface area (Å²) < 4.78 is 37.8. The van der Waals surface area contributed by atoms with Crippen molar-refractivity contribution in [2.45, 2.75) is 56.0 Å². The van der Waals surface area contributed by atoms with E-state index in [2.05, 4.69) is 27.1 Å². The first kappa shape index (κ1) is 23.4. The number of carbonyl (C=O) groups excluding carboxylic acids is 1. The summed E-state index contributed by atoms with van der Waals surface area (Å²) in [4.78, 5) is 26.1. The molecule has 8 nitrogen and oxygen atoms in total.